The van der Waals surface area contributed by atoms with Gasteiger partial charge in [-0.3, -0.25) is 0 Å². The van der Waals surface area contributed by atoms with Crippen molar-refractivity contribution < 1.29 is 28.3 Å². The van der Waals surface area contributed by atoms with Gasteiger partial charge in [-0.15, -0.1) is 0 Å². The minimum absolute atomic E-state index is 0.0160. The van der Waals surface area contributed by atoms with Crippen LogP contribution in [0.15, 0.2) is 18.2 Å². The molecule has 0 unspecified atom stereocenters. The summed E-state index contributed by atoms with van der Waals surface area (Å²) in [5, 5.41) is 8.50. The zero-order valence-electron chi connectivity index (χ0n) is 11.2. The summed E-state index contributed by atoms with van der Waals surface area (Å²) >= 11 is 0. The zero-order valence-corrected chi connectivity index (χ0v) is 11.2. The number of benzene rings is 1. The lowest BCUT2D eigenvalue weighted by Crippen LogP contribution is -2.33. The molecule has 1 aromatic rings. The molecule has 1 N–H and O–H groups in total. The Morgan fingerprint density at radius 1 is 1.15 bits per heavy atom. The highest BCUT2D eigenvalue weighted by atomic mass is 19.1. The van der Waals surface area contributed by atoms with Crippen molar-refractivity contribution in [1.29, 1.82) is 0 Å². The third-order valence-corrected chi connectivity index (χ3v) is 2.85. The fourth-order valence-electron chi connectivity index (χ4n) is 1.92. The van der Waals surface area contributed by atoms with E-state index < -0.39 is 7.12 Å². The number of rotatable bonds is 9. The standard InChI is InChI=1S/C13H18BFO5/c15-12-1-2-13-11(9-12)10-20-14(13)19-8-7-18-6-5-17-4-3-16/h1-2,9,16H,3-8,10H2. The topological polar surface area (TPSA) is 57.2 Å². The van der Waals surface area contributed by atoms with E-state index in [0.29, 0.717) is 39.6 Å². The molecule has 1 aromatic carbocycles. The van der Waals surface area contributed by atoms with Crippen LogP contribution in [0.25, 0.3) is 0 Å². The van der Waals surface area contributed by atoms with Crippen LogP contribution in [0.1, 0.15) is 5.56 Å². The van der Waals surface area contributed by atoms with E-state index in [1.54, 1.807) is 6.07 Å². The van der Waals surface area contributed by atoms with Crippen LogP contribution in [0.3, 0.4) is 0 Å². The largest absolute Gasteiger partial charge is 0.494 e. The lowest BCUT2D eigenvalue weighted by molar-refractivity contribution is 0.0224. The molecule has 0 fully saturated rings. The highest BCUT2D eigenvalue weighted by Gasteiger charge is 2.30. The number of ether oxygens (including phenoxy) is 2. The van der Waals surface area contributed by atoms with Crippen LogP contribution < -0.4 is 5.46 Å². The maximum absolute atomic E-state index is 13.0. The van der Waals surface area contributed by atoms with Gasteiger partial charge in [0.15, 0.2) is 0 Å². The summed E-state index contributed by atoms with van der Waals surface area (Å²) < 4.78 is 34.4. The second kappa shape index (κ2) is 8.33. The number of halogens is 1. The Kier molecular flexibility index (Phi) is 6.42. The summed E-state index contributed by atoms with van der Waals surface area (Å²) in [7, 11) is -0.445. The molecule has 1 aliphatic rings. The number of aliphatic hydroxyl groups excluding tert-OH is 1. The van der Waals surface area contributed by atoms with Gasteiger partial charge in [-0.25, -0.2) is 4.39 Å². The third-order valence-electron chi connectivity index (χ3n) is 2.85. The van der Waals surface area contributed by atoms with Crippen molar-refractivity contribution in [3.8, 4) is 0 Å². The Balaban J connectivity index is 1.60. The summed E-state index contributed by atoms with van der Waals surface area (Å²) in [4.78, 5) is 0. The molecule has 2 rings (SSSR count). The molecule has 1 aliphatic heterocycles. The van der Waals surface area contributed by atoms with Gasteiger partial charge >= 0.3 is 7.12 Å². The molecule has 0 atom stereocenters. The van der Waals surface area contributed by atoms with E-state index in [-0.39, 0.29) is 12.4 Å². The van der Waals surface area contributed by atoms with Crippen molar-refractivity contribution in [1.82, 2.24) is 0 Å². The first kappa shape index (κ1) is 15.4. The maximum Gasteiger partial charge on any atom is 0.494 e. The molecule has 5 nitrogen and oxygen atoms in total. The molecule has 20 heavy (non-hydrogen) atoms. The predicted molar refractivity (Wildman–Crippen MR) is 71.3 cm³/mol. The van der Waals surface area contributed by atoms with Crippen LogP contribution in [0, 0.1) is 5.82 Å². The van der Waals surface area contributed by atoms with E-state index in [9.17, 15) is 4.39 Å². The van der Waals surface area contributed by atoms with Crippen molar-refractivity contribution in [3.63, 3.8) is 0 Å². The molecule has 0 saturated heterocycles. The van der Waals surface area contributed by atoms with Crippen molar-refractivity contribution in [2.45, 2.75) is 6.61 Å². The molecule has 0 bridgehead atoms. The van der Waals surface area contributed by atoms with Gasteiger partial charge in [0.1, 0.15) is 5.82 Å². The van der Waals surface area contributed by atoms with E-state index in [1.807, 2.05) is 0 Å². The Labute approximate surface area is 117 Å². The second-order valence-corrected chi connectivity index (χ2v) is 4.31. The number of hydrogen-bond acceptors (Lipinski definition) is 5. The van der Waals surface area contributed by atoms with Crippen LogP contribution in [0.2, 0.25) is 0 Å². The average molecular weight is 284 g/mol. The summed E-state index contributed by atoms with van der Waals surface area (Å²) in [5.41, 5.74) is 1.70. The minimum atomic E-state index is -0.445. The number of aliphatic hydroxyl groups is 1. The lowest BCUT2D eigenvalue weighted by Gasteiger charge is -2.09. The molecule has 1 heterocycles. The van der Waals surface area contributed by atoms with Crippen molar-refractivity contribution >= 4 is 12.6 Å². The van der Waals surface area contributed by atoms with Gasteiger partial charge in [0.05, 0.1) is 46.2 Å². The Bertz CT molecular complexity index is 418. The first-order chi connectivity index (χ1) is 9.81. The van der Waals surface area contributed by atoms with Crippen LogP contribution >= 0.6 is 0 Å². The zero-order chi connectivity index (χ0) is 14.2. The van der Waals surface area contributed by atoms with Crippen LogP contribution in [0.4, 0.5) is 4.39 Å². The molecule has 0 saturated carbocycles. The van der Waals surface area contributed by atoms with Gasteiger partial charge in [0, 0.05) is 0 Å². The molecule has 110 valence electrons. The summed E-state index contributed by atoms with van der Waals surface area (Å²) in [6, 6.07) is 4.55. The fourth-order valence-corrected chi connectivity index (χ4v) is 1.92. The fraction of sp³-hybridized carbons (Fsp3) is 0.538. The molecule has 7 heteroatoms. The summed E-state index contributed by atoms with van der Waals surface area (Å²) in [5.74, 6) is -0.265. The van der Waals surface area contributed by atoms with Crippen LogP contribution in [0.5, 0.6) is 0 Å². The molecule has 0 aromatic heterocycles. The number of fused-ring (bicyclic) bond motifs is 1. The number of hydrogen-bond donors (Lipinski definition) is 1. The first-order valence-electron chi connectivity index (χ1n) is 6.59. The van der Waals surface area contributed by atoms with Crippen molar-refractivity contribution in [2.75, 3.05) is 39.6 Å². The molecule has 0 radical (unpaired) electrons. The highest BCUT2D eigenvalue weighted by Crippen LogP contribution is 2.12. The smallest absolute Gasteiger partial charge is 0.405 e. The van der Waals surface area contributed by atoms with E-state index in [1.165, 1.54) is 12.1 Å². The van der Waals surface area contributed by atoms with Gasteiger partial charge in [0.2, 0.25) is 0 Å². The average Bonchev–Trinajstić information content (AvgIpc) is 2.84. The van der Waals surface area contributed by atoms with Gasteiger partial charge in [-0.2, -0.15) is 0 Å². The molecular formula is C13H18BFO5. The predicted octanol–water partition coefficient (Wildman–Crippen LogP) is 0.0932. The van der Waals surface area contributed by atoms with E-state index in [2.05, 4.69) is 0 Å². The van der Waals surface area contributed by atoms with Crippen molar-refractivity contribution in [3.05, 3.63) is 29.6 Å². The SMILES string of the molecule is OCCOCCOCCOB1OCc2cc(F)ccc21. The molecule has 0 amide bonds. The van der Waals surface area contributed by atoms with Gasteiger partial charge < -0.3 is 23.9 Å². The van der Waals surface area contributed by atoms with Crippen LogP contribution in [-0.2, 0) is 25.4 Å². The van der Waals surface area contributed by atoms with E-state index >= 15 is 0 Å². The quantitative estimate of drug-likeness (QED) is 0.514. The Morgan fingerprint density at radius 3 is 2.70 bits per heavy atom. The van der Waals surface area contributed by atoms with E-state index in [4.69, 9.17) is 23.9 Å². The molecule has 0 spiro atoms. The molecular weight excluding hydrogens is 266 g/mol. The highest BCUT2D eigenvalue weighted by molar-refractivity contribution is 6.62. The first-order valence-corrected chi connectivity index (χ1v) is 6.59. The van der Waals surface area contributed by atoms with E-state index in [0.717, 1.165) is 11.0 Å². The Hall–Kier alpha value is -0.985. The maximum atomic E-state index is 13.0. The molecule has 0 aliphatic carbocycles. The minimum Gasteiger partial charge on any atom is -0.405 e. The summed E-state index contributed by atoms with van der Waals surface area (Å²) in [6.07, 6.45) is 0. The van der Waals surface area contributed by atoms with Gasteiger partial charge in [-0.1, -0.05) is 6.07 Å². The monoisotopic (exact) mass is 284 g/mol. The second-order valence-electron chi connectivity index (χ2n) is 4.31. The van der Waals surface area contributed by atoms with Gasteiger partial charge in [-0.05, 0) is 23.2 Å². The lowest BCUT2D eigenvalue weighted by atomic mass is 9.79. The normalized spacial score (nSPS) is 13.8. The van der Waals surface area contributed by atoms with Gasteiger partial charge in [0.25, 0.3) is 0 Å². The Morgan fingerprint density at radius 2 is 1.90 bits per heavy atom. The van der Waals surface area contributed by atoms with Crippen LogP contribution in [-0.4, -0.2) is 51.9 Å². The summed E-state index contributed by atoms with van der Waals surface area (Å²) in [6.45, 7) is 2.43. The third kappa shape index (κ3) is 4.54. The van der Waals surface area contributed by atoms with Crippen molar-refractivity contribution in [2.24, 2.45) is 0 Å².